The number of ether oxygens (including phenoxy) is 1. The molecule has 0 heterocycles. The number of anilines is 3. The summed E-state index contributed by atoms with van der Waals surface area (Å²) in [6.45, 7) is 6.80. The van der Waals surface area contributed by atoms with E-state index in [4.69, 9.17) is 16.3 Å². The number of rotatable bonds is 9. The van der Waals surface area contributed by atoms with Crippen LogP contribution in [0.5, 0.6) is 0 Å². The van der Waals surface area contributed by atoms with E-state index in [1.807, 2.05) is 0 Å². The molecule has 7 nitrogen and oxygen atoms in total. The molecule has 0 radical (unpaired) electrons. The van der Waals surface area contributed by atoms with Gasteiger partial charge >= 0.3 is 12.0 Å². The van der Waals surface area contributed by atoms with E-state index >= 15 is 0 Å². The highest BCUT2D eigenvalue weighted by Crippen LogP contribution is 2.28. The maximum Gasteiger partial charge on any atom is 0.333 e. The number of hydrogen-bond acceptors (Lipinski definition) is 5. The van der Waals surface area contributed by atoms with Gasteiger partial charge in [-0.3, -0.25) is 4.79 Å². The summed E-state index contributed by atoms with van der Waals surface area (Å²) in [6.07, 6.45) is 0. The summed E-state index contributed by atoms with van der Waals surface area (Å²) in [5, 5.41) is 8.09. The van der Waals surface area contributed by atoms with Crippen LogP contribution in [0.15, 0.2) is 66.7 Å². The van der Waals surface area contributed by atoms with Crippen molar-refractivity contribution in [2.75, 3.05) is 23.8 Å². The second kappa shape index (κ2) is 12.1. The Labute approximate surface area is 217 Å². The minimum Gasteiger partial charge on any atom is -0.460 e. The van der Waals surface area contributed by atoms with Crippen molar-refractivity contribution in [1.82, 2.24) is 5.32 Å². The van der Waals surface area contributed by atoms with Crippen molar-refractivity contribution in [2.24, 2.45) is 0 Å². The number of hydrogen-bond donors (Lipinski definition) is 3. The van der Waals surface area contributed by atoms with Crippen LogP contribution in [0.3, 0.4) is 0 Å². The standard InChI is InChI=1S/C27H24ClF2N3O4/c1-15(2)26(35)37-11-10-31-27(36)33-18-6-4-16(3)21(13-18)25(34)20-8-7-19(14-22(20)28)32-24-9-5-17(29)12-23(24)30/h4-9,12-14,32H,1,10-11H2,2-3H3,(H2,31,33,36). The third-order valence-corrected chi connectivity index (χ3v) is 5.45. The number of ketones is 1. The Hall–Kier alpha value is -4.24. The minimum atomic E-state index is -0.770. The van der Waals surface area contributed by atoms with Gasteiger partial charge in [0.25, 0.3) is 0 Å². The fourth-order valence-corrected chi connectivity index (χ4v) is 3.49. The van der Waals surface area contributed by atoms with Gasteiger partial charge in [-0.1, -0.05) is 24.2 Å². The van der Waals surface area contributed by atoms with Crippen LogP contribution in [-0.4, -0.2) is 30.9 Å². The van der Waals surface area contributed by atoms with Gasteiger partial charge in [0.05, 0.1) is 17.3 Å². The van der Waals surface area contributed by atoms with Crippen LogP contribution in [-0.2, 0) is 9.53 Å². The largest absolute Gasteiger partial charge is 0.460 e. The SMILES string of the molecule is C=C(C)C(=O)OCCNC(=O)Nc1ccc(C)c(C(=O)c2ccc(Nc3ccc(F)cc3F)cc2Cl)c1. The van der Waals surface area contributed by atoms with E-state index < -0.39 is 23.6 Å². The Balaban J connectivity index is 1.68. The van der Waals surface area contributed by atoms with E-state index in [0.717, 1.165) is 12.1 Å². The lowest BCUT2D eigenvalue weighted by Crippen LogP contribution is -2.32. The maximum atomic E-state index is 13.9. The van der Waals surface area contributed by atoms with Gasteiger partial charge in [0.2, 0.25) is 0 Å². The number of benzene rings is 3. The zero-order chi connectivity index (χ0) is 27.1. The van der Waals surface area contributed by atoms with Crippen LogP contribution in [0.4, 0.5) is 30.6 Å². The number of carbonyl (C=O) groups is 3. The number of esters is 1. The van der Waals surface area contributed by atoms with Gasteiger partial charge in [0.15, 0.2) is 5.78 Å². The first kappa shape index (κ1) is 27.3. The van der Waals surface area contributed by atoms with Crippen LogP contribution >= 0.6 is 11.6 Å². The van der Waals surface area contributed by atoms with Crippen molar-refractivity contribution in [1.29, 1.82) is 0 Å². The molecule has 192 valence electrons. The zero-order valence-electron chi connectivity index (χ0n) is 20.1. The molecule has 0 bridgehead atoms. The van der Waals surface area contributed by atoms with Crippen LogP contribution in [0.1, 0.15) is 28.4 Å². The van der Waals surface area contributed by atoms with E-state index in [-0.39, 0.29) is 40.8 Å². The highest BCUT2D eigenvalue weighted by Gasteiger charge is 2.17. The number of halogens is 3. The quantitative estimate of drug-likeness (QED) is 0.134. The maximum absolute atomic E-state index is 13.9. The molecule has 10 heteroatoms. The zero-order valence-corrected chi connectivity index (χ0v) is 20.8. The van der Waals surface area contributed by atoms with E-state index in [2.05, 4.69) is 22.5 Å². The third kappa shape index (κ3) is 7.37. The predicted molar refractivity (Wildman–Crippen MR) is 138 cm³/mol. The van der Waals surface area contributed by atoms with Gasteiger partial charge < -0.3 is 20.7 Å². The number of amides is 2. The van der Waals surface area contributed by atoms with Crippen LogP contribution in [0.25, 0.3) is 0 Å². The Kier molecular flexibility index (Phi) is 8.97. The summed E-state index contributed by atoms with van der Waals surface area (Å²) in [7, 11) is 0. The van der Waals surface area contributed by atoms with Gasteiger partial charge in [0, 0.05) is 34.1 Å². The topological polar surface area (TPSA) is 96.5 Å². The molecule has 0 saturated carbocycles. The molecule has 0 unspecified atom stereocenters. The Morgan fingerprint density at radius 2 is 1.70 bits per heavy atom. The fraction of sp³-hybridized carbons (Fsp3) is 0.148. The van der Waals surface area contributed by atoms with E-state index in [9.17, 15) is 23.2 Å². The van der Waals surface area contributed by atoms with Crippen molar-refractivity contribution in [3.05, 3.63) is 100 Å². The lowest BCUT2D eigenvalue weighted by atomic mass is 9.98. The molecule has 2 amide bonds. The summed E-state index contributed by atoms with van der Waals surface area (Å²) in [4.78, 5) is 36.8. The Bertz CT molecular complexity index is 1380. The monoisotopic (exact) mass is 527 g/mol. The highest BCUT2D eigenvalue weighted by atomic mass is 35.5. The molecule has 0 aliphatic heterocycles. The van der Waals surface area contributed by atoms with Crippen molar-refractivity contribution in [3.8, 4) is 0 Å². The molecule has 0 spiro atoms. The van der Waals surface area contributed by atoms with Gasteiger partial charge in [-0.25, -0.2) is 18.4 Å². The van der Waals surface area contributed by atoms with Gasteiger partial charge in [-0.05, 0) is 61.9 Å². The lowest BCUT2D eigenvalue weighted by molar-refractivity contribution is -0.138. The summed E-state index contributed by atoms with van der Waals surface area (Å²) in [6, 6.07) is 11.9. The molecule has 3 aromatic carbocycles. The molecule has 3 aromatic rings. The molecule has 0 aliphatic carbocycles. The van der Waals surface area contributed by atoms with Crippen LogP contribution < -0.4 is 16.0 Å². The van der Waals surface area contributed by atoms with E-state index in [1.54, 1.807) is 25.1 Å². The first-order chi connectivity index (χ1) is 17.5. The number of carbonyl (C=O) groups excluding carboxylic acids is 3. The summed E-state index contributed by atoms with van der Waals surface area (Å²) >= 11 is 6.36. The molecule has 3 N–H and O–H groups in total. The molecular formula is C27H24ClF2N3O4. The number of aryl methyl sites for hydroxylation is 1. The average molecular weight is 528 g/mol. The number of urea groups is 1. The minimum absolute atomic E-state index is 0.0199. The van der Waals surface area contributed by atoms with Gasteiger partial charge in [0.1, 0.15) is 18.2 Å². The smallest absolute Gasteiger partial charge is 0.333 e. The van der Waals surface area contributed by atoms with Crippen molar-refractivity contribution < 1.29 is 27.9 Å². The third-order valence-electron chi connectivity index (χ3n) is 5.13. The van der Waals surface area contributed by atoms with Crippen molar-refractivity contribution in [2.45, 2.75) is 13.8 Å². The molecule has 3 rings (SSSR count). The normalized spacial score (nSPS) is 10.4. The Morgan fingerprint density at radius 1 is 0.973 bits per heavy atom. The van der Waals surface area contributed by atoms with Crippen molar-refractivity contribution in [3.63, 3.8) is 0 Å². The molecule has 0 atom stereocenters. The lowest BCUT2D eigenvalue weighted by Gasteiger charge is -2.13. The first-order valence-electron chi connectivity index (χ1n) is 11.1. The van der Waals surface area contributed by atoms with Gasteiger partial charge in [-0.15, -0.1) is 0 Å². The second-order valence-corrected chi connectivity index (χ2v) is 8.51. The van der Waals surface area contributed by atoms with Gasteiger partial charge in [-0.2, -0.15) is 0 Å². The predicted octanol–water partition coefficient (Wildman–Crippen LogP) is 6.14. The highest BCUT2D eigenvalue weighted by molar-refractivity contribution is 6.35. The fourth-order valence-electron chi connectivity index (χ4n) is 3.22. The van der Waals surface area contributed by atoms with Crippen LogP contribution in [0.2, 0.25) is 5.02 Å². The molecule has 0 aromatic heterocycles. The average Bonchev–Trinajstić information content (AvgIpc) is 2.84. The summed E-state index contributed by atoms with van der Waals surface area (Å²) < 4.78 is 32.0. The van der Waals surface area contributed by atoms with E-state index in [0.29, 0.717) is 22.5 Å². The Morgan fingerprint density at radius 3 is 2.38 bits per heavy atom. The summed E-state index contributed by atoms with van der Waals surface area (Å²) in [5.41, 5.74) is 2.27. The van der Waals surface area contributed by atoms with Crippen LogP contribution in [0, 0.1) is 18.6 Å². The molecule has 37 heavy (non-hydrogen) atoms. The van der Waals surface area contributed by atoms with Crippen molar-refractivity contribution >= 4 is 46.4 Å². The first-order valence-corrected chi connectivity index (χ1v) is 11.5. The van der Waals surface area contributed by atoms with E-state index in [1.165, 1.54) is 31.2 Å². The molecular weight excluding hydrogens is 504 g/mol. The second-order valence-electron chi connectivity index (χ2n) is 8.10. The molecule has 0 fully saturated rings. The summed E-state index contributed by atoms with van der Waals surface area (Å²) in [5.74, 6) is -2.39. The number of nitrogens with one attached hydrogen (secondary N) is 3. The molecule has 0 aliphatic rings. The molecule has 0 saturated heterocycles.